The van der Waals surface area contributed by atoms with Crippen molar-refractivity contribution in [1.29, 1.82) is 0 Å². The lowest BCUT2D eigenvalue weighted by molar-refractivity contribution is -0.0398. The molecule has 2 saturated heterocycles. The Bertz CT molecular complexity index is 267. The normalized spacial score (nSPS) is 33.6. The summed E-state index contributed by atoms with van der Waals surface area (Å²) >= 11 is 0. The summed E-state index contributed by atoms with van der Waals surface area (Å²) in [6.07, 6.45) is 6.15. The van der Waals surface area contributed by atoms with Crippen molar-refractivity contribution < 1.29 is 4.74 Å². The van der Waals surface area contributed by atoms with E-state index >= 15 is 0 Å². The summed E-state index contributed by atoms with van der Waals surface area (Å²) in [5.74, 6) is 0. The molecule has 2 atom stereocenters. The van der Waals surface area contributed by atoms with Gasteiger partial charge in [-0.05, 0) is 19.8 Å². The number of rotatable bonds is 3. The first-order valence-corrected chi connectivity index (χ1v) is 8.15. The maximum absolute atomic E-state index is 5.90. The average Bonchev–Trinajstić information content (AvgIpc) is 3.02. The van der Waals surface area contributed by atoms with Crippen molar-refractivity contribution in [3.8, 4) is 0 Å². The van der Waals surface area contributed by atoms with E-state index in [0.717, 1.165) is 25.7 Å². The molecule has 2 aliphatic heterocycles. The Morgan fingerprint density at radius 1 is 1.11 bits per heavy atom. The van der Waals surface area contributed by atoms with Crippen LogP contribution < -0.4 is 5.32 Å². The maximum atomic E-state index is 5.90. The average molecular weight is 267 g/mol. The summed E-state index contributed by atoms with van der Waals surface area (Å²) in [6.45, 7) is 10.2. The fourth-order valence-corrected chi connectivity index (χ4v) is 3.91. The van der Waals surface area contributed by atoms with Crippen molar-refractivity contribution >= 4 is 0 Å². The minimum Gasteiger partial charge on any atom is -0.374 e. The van der Waals surface area contributed by atoms with Gasteiger partial charge in [0, 0.05) is 51.4 Å². The first-order valence-electron chi connectivity index (χ1n) is 8.15. The number of hydrogen-bond donors (Lipinski definition) is 1. The van der Waals surface area contributed by atoms with Crippen LogP contribution in [0.15, 0.2) is 0 Å². The minimum atomic E-state index is 0.381. The number of piperazine rings is 1. The Labute approximate surface area is 117 Å². The molecule has 3 rings (SSSR count). The molecule has 2 unspecified atom stereocenters. The summed E-state index contributed by atoms with van der Waals surface area (Å²) in [7, 11) is 0. The quantitative estimate of drug-likeness (QED) is 0.823. The number of morpholine rings is 1. The topological polar surface area (TPSA) is 27.7 Å². The molecule has 2 heterocycles. The van der Waals surface area contributed by atoms with E-state index in [-0.39, 0.29) is 0 Å². The van der Waals surface area contributed by atoms with Crippen molar-refractivity contribution in [3.05, 3.63) is 0 Å². The molecule has 1 aliphatic carbocycles. The second kappa shape index (κ2) is 6.53. The molecule has 19 heavy (non-hydrogen) atoms. The fourth-order valence-electron chi connectivity index (χ4n) is 3.91. The van der Waals surface area contributed by atoms with E-state index in [9.17, 15) is 0 Å². The summed E-state index contributed by atoms with van der Waals surface area (Å²) in [5, 5.41) is 3.45. The van der Waals surface area contributed by atoms with Crippen molar-refractivity contribution in [3.63, 3.8) is 0 Å². The minimum absolute atomic E-state index is 0.381. The standard InChI is InChI=1S/C15H29N3O/c1-13(15-12-16-6-11-19-15)17-7-9-18(10-8-17)14-4-2-3-5-14/h13-16H,2-12H2,1H3. The zero-order valence-corrected chi connectivity index (χ0v) is 12.3. The van der Waals surface area contributed by atoms with Gasteiger partial charge in [0.25, 0.3) is 0 Å². The van der Waals surface area contributed by atoms with Crippen molar-refractivity contribution in [2.75, 3.05) is 45.9 Å². The number of hydrogen-bond acceptors (Lipinski definition) is 4. The number of nitrogens with zero attached hydrogens (tertiary/aromatic N) is 2. The molecule has 0 radical (unpaired) electrons. The van der Waals surface area contributed by atoms with Gasteiger partial charge in [-0.15, -0.1) is 0 Å². The molecule has 4 heteroatoms. The predicted molar refractivity (Wildman–Crippen MR) is 77.5 cm³/mol. The highest BCUT2D eigenvalue weighted by atomic mass is 16.5. The van der Waals surface area contributed by atoms with Crippen LogP contribution in [-0.2, 0) is 4.74 Å². The first kappa shape index (κ1) is 13.8. The van der Waals surface area contributed by atoms with E-state index in [1.165, 1.54) is 51.9 Å². The maximum Gasteiger partial charge on any atom is 0.0852 e. The summed E-state index contributed by atoms with van der Waals surface area (Å²) in [5.41, 5.74) is 0. The summed E-state index contributed by atoms with van der Waals surface area (Å²) < 4.78 is 5.90. The van der Waals surface area contributed by atoms with Crippen molar-refractivity contribution in [2.45, 2.75) is 50.8 Å². The molecule has 3 aliphatic rings. The Hall–Kier alpha value is -0.160. The van der Waals surface area contributed by atoms with Crippen LogP contribution in [0.2, 0.25) is 0 Å². The Morgan fingerprint density at radius 3 is 2.47 bits per heavy atom. The number of ether oxygens (including phenoxy) is 1. The monoisotopic (exact) mass is 267 g/mol. The number of nitrogens with one attached hydrogen (secondary N) is 1. The molecule has 0 aromatic carbocycles. The van der Waals surface area contributed by atoms with Crippen LogP contribution >= 0.6 is 0 Å². The largest absolute Gasteiger partial charge is 0.374 e. The Kier molecular flexibility index (Phi) is 4.74. The van der Waals surface area contributed by atoms with E-state index in [0.29, 0.717) is 12.1 Å². The third kappa shape index (κ3) is 3.30. The lowest BCUT2D eigenvalue weighted by atomic mass is 10.1. The van der Waals surface area contributed by atoms with E-state index in [1.54, 1.807) is 0 Å². The van der Waals surface area contributed by atoms with Gasteiger partial charge >= 0.3 is 0 Å². The van der Waals surface area contributed by atoms with Crippen LogP contribution in [0.25, 0.3) is 0 Å². The molecule has 3 fully saturated rings. The summed E-state index contributed by atoms with van der Waals surface area (Å²) in [6, 6.07) is 1.45. The van der Waals surface area contributed by atoms with Crippen molar-refractivity contribution in [2.24, 2.45) is 0 Å². The van der Waals surface area contributed by atoms with E-state index in [4.69, 9.17) is 4.74 Å². The Balaban J connectivity index is 1.46. The van der Waals surface area contributed by atoms with Gasteiger partial charge in [-0.1, -0.05) is 12.8 Å². The molecule has 0 spiro atoms. The third-order valence-corrected chi connectivity index (χ3v) is 5.26. The van der Waals surface area contributed by atoms with Crippen LogP contribution in [0.5, 0.6) is 0 Å². The van der Waals surface area contributed by atoms with Gasteiger partial charge in [0.1, 0.15) is 0 Å². The lowest BCUT2D eigenvalue weighted by Crippen LogP contribution is -2.57. The predicted octanol–water partition coefficient (Wildman–Crippen LogP) is 0.924. The van der Waals surface area contributed by atoms with Gasteiger partial charge in [0.2, 0.25) is 0 Å². The van der Waals surface area contributed by atoms with Gasteiger partial charge in [-0.2, -0.15) is 0 Å². The highest BCUT2D eigenvalue weighted by molar-refractivity contribution is 4.87. The highest BCUT2D eigenvalue weighted by Gasteiger charge is 2.31. The lowest BCUT2D eigenvalue weighted by Gasteiger charge is -2.43. The van der Waals surface area contributed by atoms with Crippen LogP contribution in [0, 0.1) is 0 Å². The molecule has 0 aromatic rings. The van der Waals surface area contributed by atoms with Crippen LogP contribution in [0.3, 0.4) is 0 Å². The molecular weight excluding hydrogens is 238 g/mol. The van der Waals surface area contributed by atoms with Crippen LogP contribution in [0.1, 0.15) is 32.6 Å². The zero-order chi connectivity index (χ0) is 13.1. The Morgan fingerprint density at radius 2 is 1.84 bits per heavy atom. The zero-order valence-electron chi connectivity index (χ0n) is 12.3. The van der Waals surface area contributed by atoms with Gasteiger partial charge in [0.15, 0.2) is 0 Å². The molecule has 0 bridgehead atoms. The van der Waals surface area contributed by atoms with Gasteiger partial charge in [-0.25, -0.2) is 0 Å². The summed E-state index contributed by atoms with van der Waals surface area (Å²) in [4.78, 5) is 5.36. The molecular formula is C15H29N3O. The fraction of sp³-hybridized carbons (Fsp3) is 1.00. The molecule has 110 valence electrons. The van der Waals surface area contributed by atoms with E-state index in [1.807, 2.05) is 0 Å². The first-order chi connectivity index (χ1) is 9.34. The second-order valence-corrected chi connectivity index (χ2v) is 6.36. The second-order valence-electron chi connectivity index (χ2n) is 6.36. The van der Waals surface area contributed by atoms with Gasteiger partial charge in [-0.3, -0.25) is 9.80 Å². The molecule has 4 nitrogen and oxygen atoms in total. The van der Waals surface area contributed by atoms with E-state index in [2.05, 4.69) is 22.0 Å². The van der Waals surface area contributed by atoms with Gasteiger partial charge in [0.05, 0.1) is 12.7 Å². The molecule has 0 amide bonds. The van der Waals surface area contributed by atoms with Crippen LogP contribution in [-0.4, -0.2) is 73.9 Å². The highest BCUT2D eigenvalue weighted by Crippen LogP contribution is 2.25. The van der Waals surface area contributed by atoms with Crippen LogP contribution in [0.4, 0.5) is 0 Å². The van der Waals surface area contributed by atoms with E-state index < -0.39 is 0 Å². The molecule has 1 N–H and O–H groups in total. The molecule has 0 aromatic heterocycles. The molecule has 1 saturated carbocycles. The SMILES string of the molecule is CC(C1CNCCO1)N1CCN(C2CCCC2)CC1. The third-order valence-electron chi connectivity index (χ3n) is 5.26. The smallest absolute Gasteiger partial charge is 0.0852 e. The van der Waals surface area contributed by atoms with Gasteiger partial charge < -0.3 is 10.1 Å². The van der Waals surface area contributed by atoms with Crippen molar-refractivity contribution in [1.82, 2.24) is 15.1 Å².